The highest BCUT2D eigenvalue weighted by Crippen LogP contribution is 2.25. The summed E-state index contributed by atoms with van der Waals surface area (Å²) in [7, 11) is -3.13. The zero-order valence-electron chi connectivity index (χ0n) is 9.15. The number of nitriles is 1. The molecule has 0 N–H and O–H groups in total. The maximum Gasteiger partial charge on any atom is 0.214 e. The van der Waals surface area contributed by atoms with Crippen LogP contribution in [-0.2, 0) is 10.0 Å². The average Bonchev–Trinajstić information content (AvgIpc) is 2.71. The van der Waals surface area contributed by atoms with Gasteiger partial charge < -0.3 is 0 Å². The van der Waals surface area contributed by atoms with E-state index in [2.05, 4.69) is 0 Å². The first-order chi connectivity index (χ1) is 7.11. The lowest BCUT2D eigenvalue weighted by Crippen LogP contribution is -2.40. The van der Waals surface area contributed by atoms with Gasteiger partial charge in [-0.15, -0.1) is 0 Å². The van der Waals surface area contributed by atoms with Crippen molar-refractivity contribution in [3.63, 3.8) is 0 Å². The third kappa shape index (κ3) is 3.18. The Kier molecular flexibility index (Phi) is 4.55. The molecule has 0 atom stereocenters. The van der Waals surface area contributed by atoms with Crippen LogP contribution in [0.5, 0.6) is 0 Å². The number of hydrogen-bond donors (Lipinski definition) is 0. The molecule has 1 aliphatic rings. The van der Waals surface area contributed by atoms with Crippen LogP contribution in [-0.4, -0.2) is 31.1 Å². The van der Waals surface area contributed by atoms with E-state index < -0.39 is 10.0 Å². The Bertz CT molecular complexity index is 326. The monoisotopic (exact) mass is 230 g/mol. The van der Waals surface area contributed by atoms with Crippen molar-refractivity contribution in [1.82, 2.24) is 4.31 Å². The van der Waals surface area contributed by atoms with Crippen LogP contribution < -0.4 is 0 Å². The van der Waals surface area contributed by atoms with Crippen LogP contribution in [0.1, 0.15) is 39.0 Å². The first kappa shape index (κ1) is 12.5. The summed E-state index contributed by atoms with van der Waals surface area (Å²) < 4.78 is 25.2. The molecule has 4 nitrogen and oxygen atoms in total. The smallest absolute Gasteiger partial charge is 0.212 e. The fourth-order valence-corrected chi connectivity index (χ4v) is 3.43. The topological polar surface area (TPSA) is 61.2 Å². The van der Waals surface area contributed by atoms with Crippen LogP contribution in [0.3, 0.4) is 0 Å². The van der Waals surface area contributed by atoms with Crippen LogP contribution in [0.2, 0.25) is 0 Å². The van der Waals surface area contributed by atoms with Crippen molar-refractivity contribution in [1.29, 1.82) is 5.26 Å². The minimum atomic E-state index is -3.13. The molecule has 0 heterocycles. The van der Waals surface area contributed by atoms with E-state index in [9.17, 15) is 8.42 Å². The Morgan fingerprint density at radius 1 is 1.40 bits per heavy atom. The van der Waals surface area contributed by atoms with Crippen LogP contribution in [0.4, 0.5) is 0 Å². The second-order valence-electron chi connectivity index (χ2n) is 3.86. The fourth-order valence-electron chi connectivity index (χ4n) is 2.07. The van der Waals surface area contributed by atoms with E-state index in [4.69, 9.17) is 5.26 Å². The molecule has 0 radical (unpaired) electrons. The lowest BCUT2D eigenvalue weighted by molar-refractivity contribution is 0.328. The summed E-state index contributed by atoms with van der Waals surface area (Å²) in [4.78, 5) is 0. The number of rotatable bonds is 5. The Morgan fingerprint density at radius 2 is 2.00 bits per heavy atom. The quantitative estimate of drug-likeness (QED) is 0.719. The van der Waals surface area contributed by atoms with Crippen molar-refractivity contribution in [3.8, 4) is 6.07 Å². The minimum Gasteiger partial charge on any atom is -0.212 e. The van der Waals surface area contributed by atoms with E-state index in [-0.39, 0.29) is 18.2 Å². The summed E-state index contributed by atoms with van der Waals surface area (Å²) in [6.45, 7) is 2.01. The maximum absolute atomic E-state index is 11.8. The SMILES string of the molecule is CCS(=O)(=O)N(CCC#N)C1CCCC1. The first-order valence-electron chi connectivity index (χ1n) is 5.48. The van der Waals surface area contributed by atoms with E-state index in [0.717, 1.165) is 25.7 Å². The van der Waals surface area contributed by atoms with Gasteiger partial charge in [-0.3, -0.25) is 0 Å². The van der Waals surface area contributed by atoms with Gasteiger partial charge in [-0.25, -0.2) is 8.42 Å². The molecule has 0 bridgehead atoms. The van der Waals surface area contributed by atoms with Crippen molar-refractivity contribution in [2.75, 3.05) is 12.3 Å². The van der Waals surface area contributed by atoms with Gasteiger partial charge in [-0.05, 0) is 19.8 Å². The highest BCUT2D eigenvalue weighted by molar-refractivity contribution is 7.89. The summed E-state index contributed by atoms with van der Waals surface area (Å²) in [6, 6.07) is 2.15. The number of hydrogen-bond acceptors (Lipinski definition) is 3. The predicted molar refractivity (Wildman–Crippen MR) is 58.7 cm³/mol. The van der Waals surface area contributed by atoms with Gasteiger partial charge >= 0.3 is 0 Å². The van der Waals surface area contributed by atoms with Gasteiger partial charge in [-0.2, -0.15) is 9.57 Å². The van der Waals surface area contributed by atoms with Gasteiger partial charge in [0.15, 0.2) is 0 Å². The van der Waals surface area contributed by atoms with E-state index in [0.29, 0.717) is 6.54 Å². The lowest BCUT2D eigenvalue weighted by Gasteiger charge is -2.26. The van der Waals surface area contributed by atoms with Crippen molar-refractivity contribution >= 4 is 10.0 Å². The molecule has 5 heteroatoms. The molecule has 0 aromatic rings. The van der Waals surface area contributed by atoms with Gasteiger partial charge in [0, 0.05) is 19.0 Å². The highest BCUT2D eigenvalue weighted by atomic mass is 32.2. The molecule has 86 valence electrons. The molecule has 1 aliphatic carbocycles. The molecule has 1 fully saturated rings. The van der Waals surface area contributed by atoms with Crippen LogP contribution in [0.15, 0.2) is 0 Å². The van der Waals surface area contributed by atoms with Crippen molar-refractivity contribution in [2.45, 2.75) is 45.1 Å². The van der Waals surface area contributed by atoms with Gasteiger partial charge in [0.2, 0.25) is 10.0 Å². The van der Waals surface area contributed by atoms with Crippen molar-refractivity contribution in [3.05, 3.63) is 0 Å². The first-order valence-corrected chi connectivity index (χ1v) is 7.09. The van der Waals surface area contributed by atoms with Crippen LogP contribution in [0.25, 0.3) is 0 Å². The third-order valence-corrected chi connectivity index (χ3v) is 4.82. The average molecular weight is 230 g/mol. The zero-order valence-corrected chi connectivity index (χ0v) is 9.96. The normalized spacial score (nSPS) is 18.2. The summed E-state index contributed by atoms with van der Waals surface area (Å²) in [6.07, 6.45) is 4.39. The van der Waals surface area contributed by atoms with E-state index in [1.165, 1.54) is 0 Å². The molecular formula is C10H18N2O2S. The molecular weight excluding hydrogens is 212 g/mol. The summed E-state index contributed by atoms with van der Waals surface area (Å²) in [5.74, 6) is 0.134. The number of sulfonamides is 1. The van der Waals surface area contributed by atoms with Crippen LogP contribution >= 0.6 is 0 Å². The molecule has 0 spiro atoms. The standard InChI is InChI=1S/C10H18N2O2S/c1-2-15(13,14)12(9-5-8-11)10-6-3-4-7-10/h10H,2-7,9H2,1H3. The molecule has 1 rings (SSSR count). The second kappa shape index (κ2) is 5.47. The van der Waals surface area contributed by atoms with Gasteiger partial charge in [-0.1, -0.05) is 12.8 Å². The Hall–Kier alpha value is -0.600. The molecule has 0 unspecified atom stereocenters. The third-order valence-electron chi connectivity index (χ3n) is 2.90. The Labute approximate surface area is 91.9 Å². The van der Waals surface area contributed by atoms with Crippen LogP contribution in [0, 0.1) is 11.3 Å². The van der Waals surface area contributed by atoms with Gasteiger partial charge in [0.1, 0.15) is 0 Å². The largest absolute Gasteiger partial charge is 0.214 e. The predicted octanol–water partition coefficient (Wildman–Crippen LogP) is 1.49. The fraction of sp³-hybridized carbons (Fsp3) is 0.900. The molecule has 1 saturated carbocycles. The van der Waals surface area contributed by atoms with Crippen molar-refractivity contribution < 1.29 is 8.42 Å². The molecule has 0 amide bonds. The molecule has 0 aromatic heterocycles. The molecule has 0 aliphatic heterocycles. The Morgan fingerprint density at radius 3 is 2.47 bits per heavy atom. The minimum absolute atomic E-state index is 0.134. The maximum atomic E-state index is 11.8. The summed E-state index contributed by atoms with van der Waals surface area (Å²) in [5, 5.41) is 8.52. The summed E-state index contributed by atoms with van der Waals surface area (Å²) >= 11 is 0. The zero-order chi connectivity index (χ0) is 11.3. The van der Waals surface area contributed by atoms with Gasteiger partial charge in [0.25, 0.3) is 0 Å². The summed E-state index contributed by atoms with van der Waals surface area (Å²) in [5.41, 5.74) is 0. The van der Waals surface area contributed by atoms with Gasteiger partial charge in [0.05, 0.1) is 11.8 Å². The lowest BCUT2D eigenvalue weighted by atomic mass is 10.2. The molecule has 15 heavy (non-hydrogen) atoms. The van der Waals surface area contributed by atoms with E-state index in [1.807, 2.05) is 6.07 Å². The molecule has 0 aromatic carbocycles. The highest BCUT2D eigenvalue weighted by Gasteiger charge is 2.30. The van der Waals surface area contributed by atoms with E-state index in [1.54, 1.807) is 11.2 Å². The second-order valence-corrected chi connectivity index (χ2v) is 6.07. The molecule has 0 saturated heterocycles. The van der Waals surface area contributed by atoms with Crippen molar-refractivity contribution in [2.24, 2.45) is 0 Å². The van der Waals surface area contributed by atoms with E-state index >= 15 is 0 Å². The number of nitrogens with zero attached hydrogens (tertiary/aromatic N) is 2. The Balaban J connectivity index is 2.73.